The first-order valence-electron chi connectivity index (χ1n) is 12.0. The number of aryl methyl sites for hydroxylation is 1. The van der Waals surface area contributed by atoms with Gasteiger partial charge in [-0.3, -0.25) is 4.79 Å². The van der Waals surface area contributed by atoms with Gasteiger partial charge in [0.15, 0.2) is 11.5 Å². The van der Waals surface area contributed by atoms with Crippen LogP contribution in [0.2, 0.25) is 0 Å². The van der Waals surface area contributed by atoms with Gasteiger partial charge in [0.2, 0.25) is 5.95 Å². The third-order valence-electron chi connectivity index (χ3n) is 6.77. The Bertz CT molecular complexity index is 1600. The Kier molecular flexibility index (Phi) is 5.36. The Morgan fingerprint density at radius 2 is 1.78 bits per heavy atom. The van der Waals surface area contributed by atoms with Crippen molar-refractivity contribution >= 4 is 28.4 Å². The summed E-state index contributed by atoms with van der Waals surface area (Å²) in [7, 11) is 0. The van der Waals surface area contributed by atoms with Crippen LogP contribution in [0.4, 0.5) is 10.3 Å². The molecule has 0 N–H and O–H groups in total. The number of anilines is 1. The molecule has 0 bridgehead atoms. The number of aromatic nitrogens is 4. The summed E-state index contributed by atoms with van der Waals surface area (Å²) in [6.45, 7) is 5.80. The number of halogens is 1. The average Bonchev–Trinajstić information content (AvgIpc) is 3.34. The second-order valence-electron chi connectivity index (χ2n) is 9.28. The average molecular weight is 481 g/mol. The smallest absolute Gasteiger partial charge is 0.254 e. The van der Waals surface area contributed by atoms with E-state index in [1.54, 1.807) is 0 Å². The van der Waals surface area contributed by atoms with Crippen molar-refractivity contribution < 1.29 is 9.18 Å². The van der Waals surface area contributed by atoms with Crippen molar-refractivity contribution in [3.63, 3.8) is 0 Å². The summed E-state index contributed by atoms with van der Waals surface area (Å²) < 4.78 is 15.4. The van der Waals surface area contributed by atoms with E-state index in [1.165, 1.54) is 24.3 Å². The van der Waals surface area contributed by atoms with Crippen LogP contribution in [-0.4, -0.2) is 56.1 Å². The lowest BCUT2D eigenvalue weighted by atomic mass is 10.1. The zero-order valence-electron chi connectivity index (χ0n) is 20.1. The fourth-order valence-electron chi connectivity index (χ4n) is 4.95. The summed E-state index contributed by atoms with van der Waals surface area (Å²) >= 11 is 0. The lowest BCUT2D eigenvalue weighted by Crippen LogP contribution is -2.54. The maximum Gasteiger partial charge on any atom is 0.254 e. The molecule has 0 saturated carbocycles. The molecule has 8 heteroatoms. The Balaban J connectivity index is 1.41. The van der Waals surface area contributed by atoms with E-state index in [0.717, 1.165) is 39.4 Å². The minimum absolute atomic E-state index is 0.0708. The summed E-state index contributed by atoms with van der Waals surface area (Å²) in [6, 6.07) is 21.8. The van der Waals surface area contributed by atoms with E-state index in [0.29, 0.717) is 25.2 Å². The standard InChI is InChI=1S/C28H25FN6O/c1-18-6-5-7-21(16-18)25-31-32-26-23-8-3-4-9-24(23)30-28(35(25)26)33-14-15-34(19(2)17-33)27(36)20-10-12-22(29)13-11-20/h3-13,16,19H,14-15,17H2,1-2H3/t19-/m1/s1. The molecule has 1 atom stereocenters. The maximum atomic E-state index is 13.3. The second-order valence-corrected chi connectivity index (χ2v) is 9.28. The number of piperazine rings is 1. The Hall–Kier alpha value is -4.33. The summed E-state index contributed by atoms with van der Waals surface area (Å²) in [5.74, 6) is 1.04. The van der Waals surface area contributed by atoms with E-state index >= 15 is 0 Å². The molecule has 0 radical (unpaired) electrons. The van der Waals surface area contributed by atoms with Crippen LogP contribution in [0.25, 0.3) is 27.9 Å². The highest BCUT2D eigenvalue weighted by Crippen LogP contribution is 2.30. The van der Waals surface area contributed by atoms with Gasteiger partial charge in [-0.1, -0.05) is 35.9 Å². The Labute approximate surface area is 207 Å². The molecule has 5 aromatic rings. The van der Waals surface area contributed by atoms with Crippen molar-refractivity contribution in [3.05, 3.63) is 89.7 Å². The molecule has 0 unspecified atom stereocenters. The van der Waals surface area contributed by atoms with Gasteiger partial charge in [0.1, 0.15) is 5.82 Å². The predicted molar refractivity (Wildman–Crippen MR) is 138 cm³/mol. The number of hydrogen-bond acceptors (Lipinski definition) is 5. The zero-order chi connectivity index (χ0) is 24.8. The number of hydrogen-bond donors (Lipinski definition) is 0. The van der Waals surface area contributed by atoms with E-state index in [9.17, 15) is 9.18 Å². The third-order valence-corrected chi connectivity index (χ3v) is 6.77. The van der Waals surface area contributed by atoms with Crippen LogP contribution in [0.1, 0.15) is 22.8 Å². The van der Waals surface area contributed by atoms with Crippen LogP contribution in [0.3, 0.4) is 0 Å². The molecule has 2 aromatic heterocycles. The van der Waals surface area contributed by atoms with Crippen molar-refractivity contribution in [3.8, 4) is 11.4 Å². The van der Waals surface area contributed by atoms with E-state index in [-0.39, 0.29) is 17.8 Å². The number of fused-ring (bicyclic) bond motifs is 3. The highest BCUT2D eigenvalue weighted by Gasteiger charge is 2.31. The first-order chi connectivity index (χ1) is 17.5. The molecule has 1 amide bonds. The number of nitrogens with zero attached hydrogens (tertiary/aromatic N) is 6. The number of carbonyl (C=O) groups is 1. The van der Waals surface area contributed by atoms with Crippen molar-refractivity contribution in [1.29, 1.82) is 0 Å². The van der Waals surface area contributed by atoms with Gasteiger partial charge in [0, 0.05) is 42.2 Å². The minimum Gasteiger partial charge on any atom is -0.338 e. The van der Waals surface area contributed by atoms with Crippen molar-refractivity contribution in [1.82, 2.24) is 24.5 Å². The fraction of sp³-hybridized carbons (Fsp3) is 0.214. The molecular weight excluding hydrogens is 455 g/mol. The minimum atomic E-state index is -0.353. The van der Waals surface area contributed by atoms with Gasteiger partial charge < -0.3 is 9.80 Å². The number of rotatable bonds is 3. The number of carbonyl (C=O) groups excluding carboxylic acids is 1. The molecular formula is C28H25FN6O. The summed E-state index contributed by atoms with van der Waals surface area (Å²) in [6.07, 6.45) is 0. The molecule has 180 valence electrons. The van der Waals surface area contributed by atoms with Crippen LogP contribution < -0.4 is 4.90 Å². The molecule has 0 spiro atoms. The Morgan fingerprint density at radius 3 is 2.56 bits per heavy atom. The first-order valence-corrected chi connectivity index (χ1v) is 12.0. The number of para-hydroxylation sites is 1. The highest BCUT2D eigenvalue weighted by atomic mass is 19.1. The Morgan fingerprint density at radius 1 is 0.972 bits per heavy atom. The van der Waals surface area contributed by atoms with Gasteiger partial charge in [-0.15, -0.1) is 10.2 Å². The van der Waals surface area contributed by atoms with E-state index < -0.39 is 0 Å². The summed E-state index contributed by atoms with van der Waals surface area (Å²) in [4.78, 5) is 22.2. The van der Waals surface area contributed by atoms with Gasteiger partial charge in [0.25, 0.3) is 5.91 Å². The fourth-order valence-corrected chi connectivity index (χ4v) is 4.95. The molecule has 0 aliphatic carbocycles. The first kappa shape index (κ1) is 22.2. The number of benzene rings is 3. The lowest BCUT2D eigenvalue weighted by molar-refractivity contribution is 0.0673. The monoisotopic (exact) mass is 480 g/mol. The van der Waals surface area contributed by atoms with Crippen molar-refractivity contribution in [2.45, 2.75) is 19.9 Å². The van der Waals surface area contributed by atoms with Crippen molar-refractivity contribution in [2.75, 3.05) is 24.5 Å². The van der Waals surface area contributed by atoms with Gasteiger partial charge in [0.05, 0.1) is 5.52 Å². The number of amides is 1. The molecule has 1 aliphatic heterocycles. The second kappa shape index (κ2) is 8.71. The largest absolute Gasteiger partial charge is 0.338 e. The summed E-state index contributed by atoms with van der Waals surface area (Å²) in [5, 5.41) is 10.1. The van der Waals surface area contributed by atoms with Gasteiger partial charge in [-0.2, -0.15) is 0 Å². The molecule has 36 heavy (non-hydrogen) atoms. The van der Waals surface area contributed by atoms with Crippen LogP contribution in [0.15, 0.2) is 72.8 Å². The molecule has 1 fully saturated rings. The predicted octanol–water partition coefficient (Wildman–Crippen LogP) is 4.74. The van der Waals surface area contributed by atoms with Gasteiger partial charge in [-0.25, -0.2) is 13.8 Å². The zero-order valence-corrected chi connectivity index (χ0v) is 20.1. The van der Waals surface area contributed by atoms with Crippen molar-refractivity contribution in [2.24, 2.45) is 0 Å². The van der Waals surface area contributed by atoms with Crippen LogP contribution in [0, 0.1) is 12.7 Å². The van der Waals surface area contributed by atoms with E-state index in [4.69, 9.17) is 4.98 Å². The third kappa shape index (κ3) is 3.75. The van der Waals surface area contributed by atoms with Crippen LogP contribution in [-0.2, 0) is 0 Å². The van der Waals surface area contributed by atoms with Gasteiger partial charge in [-0.05, 0) is 56.3 Å². The van der Waals surface area contributed by atoms with Crippen LogP contribution in [0.5, 0.6) is 0 Å². The quantitative estimate of drug-likeness (QED) is 0.373. The molecule has 1 saturated heterocycles. The van der Waals surface area contributed by atoms with E-state index in [1.807, 2.05) is 52.6 Å². The van der Waals surface area contributed by atoms with Gasteiger partial charge >= 0.3 is 0 Å². The molecule has 6 rings (SSSR count). The molecule has 7 nitrogen and oxygen atoms in total. The lowest BCUT2D eigenvalue weighted by Gasteiger charge is -2.40. The maximum absolute atomic E-state index is 13.3. The van der Waals surface area contributed by atoms with Crippen LogP contribution >= 0.6 is 0 Å². The normalized spacial score (nSPS) is 16.1. The molecule has 3 aromatic carbocycles. The van der Waals surface area contributed by atoms with E-state index in [2.05, 4.69) is 34.2 Å². The highest BCUT2D eigenvalue weighted by molar-refractivity contribution is 5.95. The molecule has 3 heterocycles. The SMILES string of the molecule is Cc1cccc(-c2nnc3c4ccccc4nc(N4CCN(C(=O)c5ccc(F)cc5)[C@H](C)C4)n23)c1. The molecule has 1 aliphatic rings. The summed E-state index contributed by atoms with van der Waals surface area (Å²) in [5.41, 5.74) is 4.20. The topological polar surface area (TPSA) is 66.6 Å².